The minimum Gasteiger partial charge on any atom is -0.478 e. The number of aliphatic carboxylic acids is 1. The smallest absolute Gasteiger partial charge is 0.328 e. The number of halogens is 1. The summed E-state index contributed by atoms with van der Waals surface area (Å²) in [7, 11) is 0. The summed E-state index contributed by atoms with van der Waals surface area (Å²) in [5.41, 5.74) is 1.04. The van der Waals surface area contributed by atoms with Gasteiger partial charge in [-0.2, -0.15) is 5.10 Å². The van der Waals surface area contributed by atoms with Crippen molar-refractivity contribution in [2.75, 3.05) is 0 Å². The second-order valence-corrected chi connectivity index (χ2v) is 4.53. The molecule has 102 valence electrons. The maximum atomic E-state index is 11.8. The van der Waals surface area contributed by atoms with Gasteiger partial charge in [-0.3, -0.25) is 4.79 Å². The zero-order valence-electron chi connectivity index (χ0n) is 10.6. The molecule has 0 spiro atoms. The first-order valence-electron chi connectivity index (χ1n) is 5.75. The molecule has 5 nitrogen and oxygen atoms in total. The van der Waals surface area contributed by atoms with E-state index in [1.54, 1.807) is 31.2 Å². The average molecular weight is 291 g/mol. The van der Waals surface area contributed by atoms with Crippen LogP contribution in [0.2, 0.25) is 5.02 Å². The van der Waals surface area contributed by atoms with Gasteiger partial charge in [0.25, 0.3) is 0 Å². The first-order chi connectivity index (χ1) is 9.47. The lowest BCUT2D eigenvalue weighted by atomic mass is 10.2. The number of aryl methyl sites for hydroxylation is 1. The molecule has 0 saturated heterocycles. The van der Waals surface area contributed by atoms with Gasteiger partial charge >= 0.3 is 5.97 Å². The van der Waals surface area contributed by atoms with E-state index in [0.29, 0.717) is 16.4 Å². The Balaban J connectivity index is 2.57. The average Bonchev–Trinajstić information content (AvgIpc) is 2.37. The van der Waals surface area contributed by atoms with E-state index in [4.69, 9.17) is 16.7 Å². The molecule has 1 N–H and O–H groups in total. The minimum atomic E-state index is -1.14. The minimum absolute atomic E-state index is 0.0537. The van der Waals surface area contributed by atoms with Crippen LogP contribution in [0, 0.1) is 6.92 Å². The Labute approximate surface area is 119 Å². The van der Waals surface area contributed by atoms with E-state index in [1.165, 1.54) is 16.8 Å². The molecule has 0 aliphatic rings. The molecular formula is C14H11ClN2O3. The largest absolute Gasteiger partial charge is 0.478 e. The van der Waals surface area contributed by atoms with E-state index in [0.717, 1.165) is 6.08 Å². The van der Waals surface area contributed by atoms with E-state index in [2.05, 4.69) is 5.10 Å². The molecule has 1 aromatic carbocycles. The molecule has 0 fully saturated rings. The van der Waals surface area contributed by atoms with Crippen molar-refractivity contribution < 1.29 is 9.90 Å². The fraction of sp³-hybridized carbons (Fsp3) is 0.0714. The van der Waals surface area contributed by atoms with Crippen LogP contribution in [0.4, 0.5) is 0 Å². The van der Waals surface area contributed by atoms with Gasteiger partial charge in [-0.05, 0) is 31.2 Å². The molecule has 0 radical (unpaired) electrons. The van der Waals surface area contributed by atoms with Gasteiger partial charge in [-0.1, -0.05) is 17.7 Å². The van der Waals surface area contributed by atoms with Gasteiger partial charge in [0.1, 0.15) is 5.69 Å². The standard InChI is InChI=1S/C14H11ClN2O3/c1-9-7-13(18)12(5-6-14(19)20)16-17(9)11-4-2-3-10(15)8-11/h2-8H,1H3,(H,19,20)/b6-5+. The van der Waals surface area contributed by atoms with Crippen LogP contribution in [0.3, 0.4) is 0 Å². The number of hydrogen-bond acceptors (Lipinski definition) is 3. The molecule has 0 bridgehead atoms. The second kappa shape index (κ2) is 5.71. The van der Waals surface area contributed by atoms with Crippen LogP contribution in [0.5, 0.6) is 0 Å². The lowest BCUT2D eigenvalue weighted by molar-refractivity contribution is -0.131. The van der Waals surface area contributed by atoms with Gasteiger partial charge in [0.2, 0.25) is 5.43 Å². The Morgan fingerprint density at radius 2 is 2.15 bits per heavy atom. The summed E-state index contributed by atoms with van der Waals surface area (Å²) < 4.78 is 1.54. The number of carboxylic acids is 1. The molecule has 6 heteroatoms. The molecule has 2 aromatic rings. The van der Waals surface area contributed by atoms with Crippen LogP contribution >= 0.6 is 11.6 Å². The van der Waals surface area contributed by atoms with Crippen molar-refractivity contribution in [2.45, 2.75) is 6.92 Å². The fourth-order valence-corrected chi connectivity index (χ4v) is 1.88. The highest BCUT2D eigenvalue weighted by Gasteiger charge is 2.06. The summed E-state index contributed by atoms with van der Waals surface area (Å²) in [6.45, 7) is 1.74. The zero-order chi connectivity index (χ0) is 14.7. The van der Waals surface area contributed by atoms with E-state index < -0.39 is 5.97 Å². The molecule has 0 atom stereocenters. The molecule has 1 heterocycles. The third-order valence-corrected chi connectivity index (χ3v) is 2.81. The van der Waals surface area contributed by atoms with E-state index in [-0.39, 0.29) is 11.1 Å². The first-order valence-corrected chi connectivity index (χ1v) is 6.13. The molecule has 0 unspecified atom stereocenters. The first kappa shape index (κ1) is 14.0. The number of carbonyl (C=O) groups is 1. The van der Waals surface area contributed by atoms with Gasteiger partial charge < -0.3 is 5.11 Å². The van der Waals surface area contributed by atoms with Crippen molar-refractivity contribution in [3.63, 3.8) is 0 Å². The zero-order valence-corrected chi connectivity index (χ0v) is 11.3. The summed E-state index contributed by atoms with van der Waals surface area (Å²) in [4.78, 5) is 22.3. The van der Waals surface area contributed by atoms with Gasteiger partial charge in [0.05, 0.1) is 5.69 Å². The van der Waals surface area contributed by atoms with E-state index in [1.807, 2.05) is 0 Å². The maximum absolute atomic E-state index is 11.8. The Morgan fingerprint density at radius 1 is 1.40 bits per heavy atom. The molecule has 20 heavy (non-hydrogen) atoms. The highest BCUT2D eigenvalue weighted by atomic mass is 35.5. The monoisotopic (exact) mass is 290 g/mol. The number of rotatable bonds is 3. The Hall–Kier alpha value is -2.40. The predicted octanol–water partition coefficient (Wildman–Crippen LogP) is 2.29. The predicted molar refractivity (Wildman–Crippen MR) is 76.3 cm³/mol. The number of carboxylic acid groups (broad SMARTS) is 1. The Kier molecular flexibility index (Phi) is 4.00. The number of benzene rings is 1. The number of nitrogens with zero attached hydrogens (tertiary/aromatic N) is 2. The topological polar surface area (TPSA) is 72.2 Å². The fourth-order valence-electron chi connectivity index (χ4n) is 1.70. The molecule has 0 saturated carbocycles. The van der Waals surface area contributed by atoms with E-state index in [9.17, 15) is 9.59 Å². The van der Waals surface area contributed by atoms with Gasteiger partial charge in [0.15, 0.2) is 0 Å². The van der Waals surface area contributed by atoms with Crippen LogP contribution in [0.1, 0.15) is 11.4 Å². The van der Waals surface area contributed by atoms with Crippen LogP contribution in [-0.2, 0) is 4.79 Å². The lowest BCUT2D eigenvalue weighted by Crippen LogP contribution is -2.16. The molecule has 0 aliphatic carbocycles. The van der Waals surface area contributed by atoms with Gasteiger partial charge in [0, 0.05) is 22.9 Å². The van der Waals surface area contributed by atoms with Crippen LogP contribution in [0.25, 0.3) is 11.8 Å². The van der Waals surface area contributed by atoms with Crippen molar-refractivity contribution in [3.8, 4) is 5.69 Å². The molecule has 2 rings (SSSR count). The van der Waals surface area contributed by atoms with Crippen LogP contribution < -0.4 is 5.43 Å². The van der Waals surface area contributed by atoms with Gasteiger partial charge in [-0.15, -0.1) is 0 Å². The van der Waals surface area contributed by atoms with Gasteiger partial charge in [-0.25, -0.2) is 9.48 Å². The molecule has 0 amide bonds. The quantitative estimate of drug-likeness (QED) is 0.880. The van der Waals surface area contributed by atoms with E-state index >= 15 is 0 Å². The molecule has 0 aliphatic heterocycles. The van der Waals surface area contributed by atoms with Crippen LogP contribution in [-0.4, -0.2) is 20.9 Å². The summed E-state index contributed by atoms with van der Waals surface area (Å²) in [5, 5.41) is 13.3. The van der Waals surface area contributed by atoms with Crippen molar-refractivity contribution in [1.82, 2.24) is 9.78 Å². The second-order valence-electron chi connectivity index (χ2n) is 4.10. The lowest BCUT2D eigenvalue weighted by Gasteiger charge is -2.10. The molecule has 1 aromatic heterocycles. The summed E-state index contributed by atoms with van der Waals surface area (Å²) in [6, 6.07) is 8.39. The normalized spacial score (nSPS) is 10.9. The summed E-state index contributed by atoms with van der Waals surface area (Å²) in [5.74, 6) is -1.14. The number of aromatic nitrogens is 2. The molecular weight excluding hydrogens is 280 g/mol. The van der Waals surface area contributed by atoms with Crippen LogP contribution in [0.15, 0.2) is 41.2 Å². The Bertz CT molecular complexity index is 750. The Morgan fingerprint density at radius 3 is 2.80 bits per heavy atom. The summed E-state index contributed by atoms with van der Waals surface area (Å²) in [6.07, 6.45) is 2.05. The van der Waals surface area contributed by atoms with Crippen molar-refractivity contribution in [2.24, 2.45) is 0 Å². The highest BCUT2D eigenvalue weighted by Crippen LogP contribution is 2.15. The number of hydrogen-bond donors (Lipinski definition) is 1. The maximum Gasteiger partial charge on any atom is 0.328 e. The van der Waals surface area contributed by atoms with Crippen molar-refractivity contribution in [1.29, 1.82) is 0 Å². The SMILES string of the molecule is Cc1cc(=O)c(/C=C/C(=O)O)nn1-c1cccc(Cl)c1. The third-order valence-electron chi connectivity index (χ3n) is 2.57. The van der Waals surface area contributed by atoms with Crippen molar-refractivity contribution >= 4 is 23.6 Å². The summed E-state index contributed by atoms with van der Waals surface area (Å²) >= 11 is 5.93. The van der Waals surface area contributed by atoms with Crippen molar-refractivity contribution in [3.05, 3.63) is 63.0 Å². The highest BCUT2D eigenvalue weighted by molar-refractivity contribution is 6.30. The third kappa shape index (κ3) is 3.13.